The third-order valence-corrected chi connectivity index (χ3v) is 15.3. The molecule has 3 aromatic carbocycles. The second-order valence-corrected chi connectivity index (χ2v) is 20.2. The van der Waals surface area contributed by atoms with Crippen LogP contribution < -0.4 is 20.3 Å². The van der Waals surface area contributed by atoms with Crippen LogP contribution in [0.2, 0.25) is 5.02 Å². The van der Waals surface area contributed by atoms with Gasteiger partial charge in [0.05, 0.1) is 55.4 Å². The first-order chi connectivity index (χ1) is 32.2. The van der Waals surface area contributed by atoms with E-state index >= 15 is 0 Å². The summed E-state index contributed by atoms with van der Waals surface area (Å²) >= 11 is 6.59. The van der Waals surface area contributed by atoms with Crippen molar-refractivity contribution in [1.29, 1.82) is 0 Å². The van der Waals surface area contributed by atoms with Crippen molar-refractivity contribution in [2.24, 2.45) is 0 Å². The van der Waals surface area contributed by atoms with Gasteiger partial charge in [-0.2, -0.15) is 0 Å². The van der Waals surface area contributed by atoms with Crippen LogP contribution in [0.1, 0.15) is 82.0 Å². The van der Waals surface area contributed by atoms with E-state index < -0.39 is 39.2 Å². The summed E-state index contributed by atoms with van der Waals surface area (Å²) < 4.78 is 30.8. The number of piperidine rings is 1. The Balaban J connectivity index is 0.775. The molecule has 2 saturated heterocycles. The first-order valence-corrected chi connectivity index (χ1v) is 24.8. The van der Waals surface area contributed by atoms with Crippen LogP contribution in [0.5, 0.6) is 5.75 Å². The number of piperazine rings is 1. The fourth-order valence-electron chi connectivity index (χ4n) is 8.46. The number of methoxy groups -OCH3 is 1. The third-order valence-electron chi connectivity index (χ3n) is 12.4. The van der Waals surface area contributed by atoms with Crippen LogP contribution in [-0.4, -0.2) is 143 Å². The number of aromatic nitrogens is 2. The molecule has 356 valence electrons. The lowest BCUT2D eigenvalue weighted by Gasteiger charge is -2.36. The number of amides is 5. The summed E-state index contributed by atoms with van der Waals surface area (Å²) in [5.41, 5.74) is 4.52. The van der Waals surface area contributed by atoms with Gasteiger partial charge >= 0.3 is 0 Å². The minimum atomic E-state index is -2.50. The maximum Gasteiger partial charge on any atom is 0.262 e. The number of aryl methyl sites for hydroxylation is 1. The van der Waals surface area contributed by atoms with Crippen LogP contribution in [0.25, 0.3) is 0 Å². The molecule has 0 bridgehead atoms. The van der Waals surface area contributed by atoms with Crippen LogP contribution in [0.4, 0.5) is 5.69 Å². The molecule has 4 aromatic rings. The fourth-order valence-corrected chi connectivity index (χ4v) is 10.0. The number of carbonyl (C=O) groups is 5. The predicted molar refractivity (Wildman–Crippen MR) is 255 cm³/mol. The summed E-state index contributed by atoms with van der Waals surface area (Å²) in [4.78, 5) is 78.7. The van der Waals surface area contributed by atoms with E-state index in [9.17, 15) is 28.2 Å². The number of carbonyl (C=O) groups excluding carboxylic acids is 5. The molecule has 67 heavy (non-hydrogen) atoms. The number of hydrogen-bond donors (Lipinski definition) is 2. The number of rotatable bonds is 21. The molecule has 0 aliphatic carbocycles. The molecule has 2 fully saturated rings. The first kappa shape index (κ1) is 49.2. The molecule has 1 aromatic heterocycles. The van der Waals surface area contributed by atoms with E-state index in [1.165, 1.54) is 6.07 Å². The van der Waals surface area contributed by atoms with Crippen molar-refractivity contribution in [2.45, 2.75) is 68.6 Å². The van der Waals surface area contributed by atoms with Crippen molar-refractivity contribution < 1.29 is 42.4 Å². The van der Waals surface area contributed by atoms with E-state index in [1.54, 1.807) is 25.4 Å². The van der Waals surface area contributed by atoms with Crippen molar-refractivity contribution in [3.8, 4) is 5.75 Å². The highest BCUT2D eigenvalue weighted by Gasteiger charge is 2.45. The Labute approximate surface area is 396 Å². The summed E-state index contributed by atoms with van der Waals surface area (Å²) in [5, 5.41) is 5.35. The lowest BCUT2D eigenvalue weighted by molar-refractivity contribution is -0.136. The molecule has 3 aliphatic rings. The van der Waals surface area contributed by atoms with Gasteiger partial charge in [-0.3, -0.25) is 43.3 Å². The summed E-state index contributed by atoms with van der Waals surface area (Å²) in [6.45, 7) is 10.1. The van der Waals surface area contributed by atoms with Gasteiger partial charge in [-0.05, 0) is 57.6 Å². The Bertz CT molecular complexity index is 2600. The van der Waals surface area contributed by atoms with Crippen LogP contribution in [0.15, 0.2) is 71.8 Å². The average Bonchev–Trinajstić information content (AvgIpc) is 3.57. The van der Waals surface area contributed by atoms with Gasteiger partial charge in [0.15, 0.2) is 0 Å². The normalized spacial score (nSPS) is 17.4. The minimum absolute atomic E-state index is 0.0401. The lowest BCUT2D eigenvalue weighted by atomic mass is 9.99. The number of ether oxygens (including phenoxy) is 3. The van der Waals surface area contributed by atoms with Gasteiger partial charge in [-0.25, -0.2) is 9.97 Å². The van der Waals surface area contributed by atoms with E-state index in [0.29, 0.717) is 67.9 Å². The number of nitrogens with one attached hydrogen (secondary N) is 2. The molecule has 7 rings (SSSR count). The molecular formula is C49H58ClN7O9S. The van der Waals surface area contributed by atoms with Crippen molar-refractivity contribution in [2.75, 3.05) is 77.7 Å². The number of halogens is 1. The van der Waals surface area contributed by atoms with Gasteiger partial charge in [-0.1, -0.05) is 61.8 Å². The second kappa shape index (κ2) is 22.4. The molecule has 16 nitrogen and oxygen atoms in total. The zero-order valence-corrected chi connectivity index (χ0v) is 39.8. The van der Waals surface area contributed by atoms with E-state index in [0.717, 1.165) is 65.1 Å². The molecule has 0 spiro atoms. The third kappa shape index (κ3) is 11.9. The van der Waals surface area contributed by atoms with Crippen molar-refractivity contribution in [3.63, 3.8) is 0 Å². The van der Waals surface area contributed by atoms with Crippen molar-refractivity contribution in [3.05, 3.63) is 111 Å². The summed E-state index contributed by atoms with van der Waals surface area (Å²) in [6.07, 6.45) is 2.93. The smallest absolute Gasteiger partial charge is 0.262 e. The molecule has 2 N–H and O–H groups in total. The van der Waals surface area contributed by atoms with Gasteiger partial charge in [-0.15, -0.1) is 0 Å². The zero-order valence-electron chi connectivity index (χ0n) is 38.2. The van der Waals surface area contributed by atoms with Crippen LogP contribution in [-0.2, 0) is 52.6 Å². The quantitative estimate of drug-likeness (QED) is 0.0691. The Morgan fingerprint density at radius 1 is 0.925 bits per heavy atom. The molecule has 3 aliphatic heterocycles. The maximum absolute atomic E-state index is 13.5. The lowest BCUT2D eigenvalue weighted by Crippen LogP contribution is -2.54. The molecule has 0 radical (unpaired) electrons. The van der Waals surface area contributed by atoms with Crippen LogP contribution in [0.3, 0.4) is 0 Å². The number of benzene rings is 3. The zero-order chi connectivity index (χ0) is 47.7. The Morgan fingerprint density at radius 2 is 1.67 bits per heavy atom. The van der Waals surface area contributed by atoms with Gasteiger partial charge in [0, 0.05) is 98.6 Å². The summed E-state index contributed by atoms with van der Waals surface area (Å²) in [7, 11) is -0.833. The van der Waals surface area contributed by atoms with Crippen molar-refractivity contribution >= 4 is 62.2 Å². The first-order valence-electron chi connectivity index (χ1n) is 22.6. The monoisotopic (exact) mass is 955 g/mol. The van der Waals surface area contributed by atoms with Crippen LogP contribution >= 0.6 is 11.6 Å². The van der Waals surface area contributed by atoms with Crippen LogP contribution in [0, 0.1) is 0 Å². The molecule has 5 amide bonds. The molecule has 2 unspecified atom stereocenters. The van der Waals surface area contributed by atoms with Gasteiger partial charge in [0.1, 0.15) is 17.6 Å². The Morgan fingerprint density at radius 3 is 2.42 bits per heavy atom. The molecular weight excluding hydrogens is 898 g/mol. The Kier molecular flexibility index (Phi) is 16.4. The van der Waals surface area contributed by atoms with Gasteiger partial charge in [0.2, 0.25) is 17.7 Å². The highest BCUT2D eigenvalue weighted by Crippen LogP contribution is 2.32. The fraction of sp³-hybridized carbons (Fsp3) is 0.429. The predicted octanol–water partition coefficient (Wildman–Crippen LogP) is 4.11. The van der Waals surface area contributed by atoms with Crippen molar-refractivity contribution in [1.82, 2.24) is 30.4 Å². The van der Waals surface area contributed by atoms with E-state index in [1.807, 2.05) is 38.1 Å². The highest BCUT2D eigenvalue weighted by molar-refractivity contribution is 8.00. The highest BCUT2D eigenvalue weighted by atomic mass is 35.5. The maximum atomic E-state index is 13.5. The van der Waals surface area contributed by atoms with Gasteiger partial charge in [0.25, 0.3) is 11.8 Å². The van der Waals surface area contributed by atoms with E-state index in [4.69, 9.17) is 30.8 Å². The SMILES string of the molecule is C=S(=O)(c1ccccc1Cc1nc(Cc2ccc(N3CCN(CCOCCOCCNC(=O)CCc4cccc5c4C(=O)N(C4CCC(=O)NC4=O)C5=O)CC3)cc2OC)ncc1Cl)C(C)C. The summed E-state index contributed by atoms with van der Waals surface area (Å²) in [6, 6.07) is 17.7. The number of fused-ring (bicyclic) bond motifs is 1. The minimum Gasteiger partial charge on any atom is -0.496 e. The second-order valence-electron chi connectivity index (χ2n) is 17.0. The summed E-state index contributed by atoms with van der Waals surface area (Å²) in [5.74, 6) is 2.93. The topological polar surface area (TPSA) is 190 Å². The van der Waals surface area contributed by atoms with Gasteiger partial charge < -0.3 is 24.4 Å². The Hall–Kier alpha value is -5.72. The number of nitrogens with zero attached hydrogens (tertiary/aromatic N) is 5. The number of anilines is 1. The number of hydrogen-bond acceptors (Lipinski definition) is 13. The van der Waals surface area contributed by atoms with E-state index in [2.05, 4.69) is 49.5 Å². The number of imide groups is 2. The van der Waals surface area contributed by atoms with E-state index in [-0.39, 0.29) is 48.0 Å². The standard InChI is InChI=1S/C49H58ClN7O9S/c1-32(2)67(4,63)42-11-6-5-8-35(42)28-39-38(50)31-52-43(53-39)29-34-12-14-36(30-41(34)64-3)56-21-19-55(20-22-56)23-25-66-27-26-65-24-18-51-44(58)16-13-33-9-7-10-37-46(33)49(62)57(48(37)61)40-15-17-45(59)54-47(40)60/h5-12,14,30-32,40H,4,13,15-29H2,1-3H3,(H,51,58)(H,54,59,60). The molecule has 2 atom stereocenters. The molecule has 0 saturated carbocycles. The average molecular weight is 957 g/mol. The molecule has 18 heteroatoms. The molecule has 4 heterocycles. The largest absolute Gasteiger partial charge is 0.496 e.